The number of likely N-dealkylation sites (tertiary alicyclic amines) is 1. The predicted octanol–water partition coefficient (Wildman–Crippen LogP) is 11.9. The van der Waals surface area contributed by atoms with Gasteiger partial charge in [0.25, 0.3) is 27.5 Å². The molecule has 6 heterocycles. The van der Waals surface area contributed by atoms with E-state index < -0.39 is 43.4 Å². The maximum atomic E-state index is 14.2. The van der Waals surface area contributed by atoms with Crippen LogP contribution in [0.25, 0.3) is 16.6 Å². The van der Waals surface area contributed by atoms with Gasteiger partial charge in [-0.15, -0.1) is 0 Å². The van der Waals surface area contributed by atoms with Crippen LogP contribution < -0.4 is 25.0 Å². The third-order valence-electron chi connectivity index (χ3n) is 18.3. The molecule has 4 N–H and O–H groups in total. The number of carbonyl (C=O) groups is 4. The number of hydrogen-bond acceptors (Lipinski definition) is 14. The number of nitro benzene ring substituents is 1. The molecule has 4 aromatic carbocycles. The van der Waals surface area contributed by atoms with Crippen LogP contribution in [0.4, 0.5) is 17.1 Å². The van der Waals surface area contributed by atoms with Gasteiger partial charge in [-0.25, -0.2) is 18.1 Å². The molecular formula is C69H79ClN10O9S. The summed E-state index contributed by atoms with van der Waals surface area (Å²) in [7, 11) is -4.62. The molecule has 21 heteroatoms. The fraction of sp³-hybridized carbons (Fsp3) is 0.435. The van der Waals surface area contributed by atoms with E-state index in [0.717, 1.165) is 156 Å². The maximum Gasteiger partial charge on any atom is 0.293 e. The lowest BCUT2D eigenvalue weighted by atomic mass is 9.72. The predicted molar refractivity (Wildman–Crippen MR) is 349 cm³/mol. The molecule has 0 spiro atoms. The van der Waals surface area contributed by atoms with E-state index in [1.54, 1.807) is 41.4 Å². The third kappa shape index (κ3) is 15.5. The van der Waals surface area contributed by atoms with Gasteiger partial charge in [0.05, 0.1) is 21.6 Å². The van der Waals surface area contributed by atoms with E-state index in [1.165, 1.54) is 35.0 Å². The number of hydrogen-bond donors (Lipinski definition) is 4. The number of aromatic nitrogens is 2. The van der Waals surface area contributed by atoms with Crippen LogP contribution in [0.5, 0.6) is 11.5 Å². The highest BCUT2D eigenvalue weighted by Gasteiger charge is 2.40. The number of benzene rings is 4. The van der Waals surface area contributed by atoms with E-state index in [2.05, 4.69) is 77.8 Å². The topological polar surface area (TPSA) is 233 Å². The van der Waals surface area contributed by atoms with Crippen molar-refractivity contribution in [1.29, 1.82) is 0 Å². The van der Waals surface area contributed by atoms with Gasteiger partial charge in [-0.1, -0.05) is 93.2 Å². The highest BCUT2D eigenvalue weighted by atomic mass is 35.5. The second kappa shape index (κ2) is 28.4. The number of carbonyl (C=O) groups excluding carboxylic acids is 4. The lowest BCUT2D eigenvalue weighted by molar-refractivity contribution is -0.384. The number of nitro groups is 1. The number of fused-ring (bicyclic) bond motifs is 2. The molecule has 0 bridgehead atoms. The minimum absolute atomic E-state index is 0.0452. The number of pyridine rings is 1. The van der Waals surface area contributed by atoms with Gasteiger partial charge in [0.2, 0.25) is 11.8 Å². The first-order valence-corrected chi connectivity index (χ1v) is 33.6. The highest BCUT2D eigenvalue weighted by Crippen LogP contribution is 2.44. The molecule has 4 aliphatic heterocycles. The molecule has 472 valence electrons. The Labute approximate surface area is 531 Å². The Balaban J connectivity index is 0.641. The van der Waals surface area contributed by atoms with Crippen LogP contribution in [0.2, 0.25) is 5.02 Å². The molecule has 2 aromatic heterocycles. The molecule has 3 saturated heterocycles. The van der Waals surface area contributed by atoms with E-state index in [9.17, 15) is 37.7 Å². The summed E-state index contributed by atoms with van der Waals surface area (Å²) >= 11 is 6.28. The second-order valence-electron chi connectivity index (χ2n) is 25.4. The van der Waals surface area contributed by atoms with Crippen molar-refractivity contribution >= 4 is 78.9 Å². The Morgan fingerprint density at radius 1 is 0.889 bits per heavy atom. The van der Waals surface area contributed by atoms with Crippen LogP contribution >= 0.6 is 11.6 Å². The molecule has 5 aliphatic rings. The van der Waals surface area contributed by atoms with Crippen LogP contribution in [-0.2, 0) is 26.2 Å². The fourth-order valence-corrected chi connectivity index (χ4v) is 14.4. The first kappa shape index (κ1) is 63.5. The van der Waals surface area contributed by atoms with E-state index in [-0.39, 0.29) is 46.6 Å². The van der Waals surface area contributed by atoms with Crippen LogP contribution in [-0.4, -0.2) is 127 Å². The largest absolute Gasteiger partial charge is 0.455 e. The summed E-state index contributed by atoms with van der Waals surface area (Å²) in [5, 5.41) is 19.6. The number of piperazine rings is 1. The molecule has 0 radical (unpaired) electrons. The van der Waals surface area contributed by atoms with E-state index >= 15 is 0 Å². The SMILES string of the molecule is CC1(C)CCC(CN2CCN(c3ccc(C(=O)NS(=O)(=O)c4ccc(NCC5CCCN(CCCCCCCCCC#Cc6cccc7c6CN(C6CCC(=O)NC6=O)C7=O)C5)c([N+](=O)[O-])c4)c(Oc4cnc5[nH]ccc5c4)c3)CC2)=C(c2ccc(Cl)cc2)C1. The van der Waals surface area contributed by atoms with Crippen LogP contribution in [0, 0.1) is 33.3 Å². The van der Waals surface area contributed by atoms with Crippen LogP contribution in [0.15, 0.2) is 114 Å². The second-order valence-corrected chi connectivity index (χ2v) is 27.5. The Morgan fingerprint density at radius 3 is 2.47 bits per heavy atom. The zero-order chi connectivity index (χ0) is 62.9. The summed E-state index contributed by atoms with van der Waals surface area (Å²) in [5.74, 6) is 5.37. The van der Waals surface area contributed by atoms with E-state index in [1.807, 2.05) is 30.3 Å². The van der Waals surface area contributed by atoms with Gasteiger partial charge in [-0.2, -0.15) is 0 Å². The number of rotatable bonds is 23. The van der Waals surface area contributed by atoms with Crippen molar-refractivity contribution in [2.24, 2.45) is 11.3 Å². The molecule has 19 nitrogen and oxygen atoms in total. The summed E-state index contributed by atoms with van der Waals surface area (Å²) in [6.07, 6.45) is 17.4. The number of H-pyrrole nitrogens is 1. The molecule has 2 unspecified atom stereocenters. The van der Waals surface area contributed by atoms with Gasteiger partial charge in [-0.05, 0) is 153 Å². The third-order valence-corrected chi connectivity index (χ3v) is 19.9. The van der Waals surface area contributed by atoms with E-state index in [4.69, 9.17) is 16.3 Å². The fourth-order valence-electron chi connectivity index (χ4n) is 13.3. The van der Waals surface area contributed by atoms with Crippen molar-refractivity contribution in [2.45, 2.75) is 128 Å². The molecule has 3 fully saturated rings. The zero-order valence-corrected chi connectivity index (χ0v) is 52.9. The Hall–Kier alpha value is -8.09. The number of piperidine rings is 2. The van der Waals surface area contributed by atoms with Crippen molar-refractivity contribution in [1.82, 2.24) is 34.7 Å². The number of allylic oxidation sites excluding steroid dienone is 1. The normalized spacial score (nSPS) is 18.9. The van der Waals surface area contributed by atoms with Crippen molar-refractivity contribution in [3.05, 3.63) is 152 Å². The Kier molecular flexibility index (Phi) is 20.0. The molecule has 2 atom stereocenters. The smallest absolute Gasteiger partial charge is 0.293 e. The van der Waals surface area contributed by atoms with Crippen molar-refractivity contribution in [2.75, 3.05) is 69.1 Å². The number of nitrogens with zero attached hydrogens (tertiary/aromatic N) is 6. The lowest BCUT2D eigenvalue weighted by Gasteiger charge is -2.39. The van der Waals surface area contributed by atoms with Gasteiger partial charge < -0.3 is 29.7 Å². The number of anilines is 2. The van der Waals surface area contributed by atoms with Gasteiger partial charge in [0.15, 0.2) is 0 Å². The van der Waals surface area contributed by atoms with Crippen LogP contribution in [0.3, 0.4) is 0 Å². The maximum absolute atomic E-state index is 14.2. The summed E-state index contributed by atoms with van der Waals surface area (Å²) in [5.41, 5.74) is 7.71. The Morgan fingerprint density at radius 2 is 1.68 bits per heavy atom. The number of unbranched alkanes of at least 4 members (excludes halogenated alkanes) is 7. The first-order valence-electron chi connectivity index (χ1n) is 31.7. The van der Waals surface area contributed by atoms with Crippen molar-refractivity contribution < 1.29 is 37.3 Å². The first-order chi connectivity index (χ1) is 43.4. The minimum Gasteiger partial charge on any atom is -0.455 e. The summed E-state index contributed by atoms with van der Waals surface area (Å²) < 4.78 is 36.6. The molecule has 1 aliphatic carbocycles. The van der Waals surface area contributed by atoms with Crippen LogP contribution in [0.1, 0.15) is 148 Å². The molecule has 4 amide bonds. The van der Waals surface area contributed by atoms with Gasteiger partial charge >= 0.3 is 0 Å². The zero-order valence-electron chi connectivity index (χ0n) is 51.3. The number of ether oxygens (including phenoxy) is 1. The number of sulfonamides is 1. The lowest BCUT2D eigenvalue weighted by Crippen LogP contribution is -2.52. The van der Waals surface area contributed by atoms with Gasteiger partial charge in [0, 0.05) is 111 Å². The number of amides is 4. The van der Waals surface area contributed by atoms with E-state index in [0.29, 0.717) is 49.6 Å². The molecule has 0 saturated carbocycles. The molecule has 6 aromatic rings. The summed E-state index contributed by atoms with van der Waals surface area (Å²) in [4.78, 5) is 79.3. The highest BCUT2D eigenvalue weighted by molar-refractivity contribution is 7.90. The number of aromatic amines is 1. The van der Waals surface area contributed by atoms with Crippen molar-refractivity contribution in [3.63, 3.8) is 0 Å². The van der Waals surface area contributed by atoms with Crippen molar-refractivity contribution in [3.8, 4) is 23.3 Å². The number of nitrogens with one attached hydrogen (secondary N) is 4. The molecule has 11 rings (SSSR count). The van der Waals surface area contributed by atoms with Gasteiger partial charge in [-0.3, -0.25) is 39.5 Å². The quantitative estimate of drug-likeness (QED) is 0.0154. The minimum atomic E-state index is -4.62. The average molecular weight is 1260 g/mol. The monoisotopic (exact) mass is 1260 g/mol. The standard InChI is InChI=1S/C69H79ClN10O9S/c1-69(2)30-28-51(58(41-69)49-18-20-52(70)21-19-49)45-77-34-36-78(37-35-77)53-22-24-57(63(39-53)89-54-38-50-29-31-71-65(50)73-43-54)66(82)75-90(87,88)55-23-25-60(62(40-55)80(85)86)72-42-47-14-13-33-76(44-47)32-11-9-7-5-3-4-6-8-10-15-48-16-12-17-56-59(48)46-79(68(56)84)61-26-27-64(81)74-67(61)83/h12,16-25,29,31,38-40,43,47,61,72H,3-9,11,13-14,26-28,30,32-37,41-42,44-46H2,1-2H3,(H,71,73)(H,75,82)(H,74,81,83). The molecule has 90 heavy (non-hydrogen) atoms. The molecular weight excluding hydrogens is 1180 g/mol. The summed E-state index contributed by atoms with van der Waals surface area (Å²) in [6.45, 7) is 12.2. The average Bonchev–Trinajstić information content (AvgIpc) is 1.83. The number of halogens is 1. The van der Waals surface area contributed by atoms with Gasteiger partial charge in [0.1, 0.15) is 28.9 Å². The Bertz CT molecular complexity index is 3890. The summed E-state index contributed by atoms with van der Waals surface area (Å²) in [6, 6.07) is 25.4. The number of imide groups is 1.